The molecule has 1 atom stereocenters. The summed E-state index contributed by atoms with van der Waals surface area (Å²) >= 11 is 3.48. The molecular weight excluding hydrogens is 270 g/mol. The topological polar surface area (TPSA) is 30.5 Å². The molecule has 16 heavy (non-hydrogen) atoms. The highest BCUT2D eigenvalue weighted by Gasteiger charge is 2.07. The Morgan fingerprint density at radius 2 is 2.12 bits per heavy atom. The van der Waals surface area contributed by atoms with Gasteiger partial charge in [0.25, 0.3) is 0 Å². The van der Waals surface area contributed by atoms with E-state index in [1.54, 1.807) is 14.2 Å². The van der Waals surface area contributed by atoms with Crippen LogP contribution < -0.4 is 10.1 Å². The predicted octanol–water partition coefficient (Wildman–Crippen LogP) is 2.75. The maximum Gasteiger partial charge on any atom is 0.133 e. The molecule has 0 fully saturated rings. The molecule has 90 valence electrons. The van der Waals surface area contributed by atoms with E-state index >= 15 is 0 Å². The molecule has 3 nitrogen and oxygen atoms in total. The number of ether oxygens (including phenoxy) is 2. The number of halogens is 1. The fraction of sp³-hybridized carbons (Fsp3) is 0.500. The Morgan fingerprint density at radius 1 is 1.38 bits per heavy atom. The van der Waals surface area contributed by atoms with E-state index in [1.165, 1.54) is 5.56 Å². The van der Waals surface area contributed by atoms with Crippen molar-refractivity contribution < 1.29 is 9.47 Å². The van der Waals surface area contributed by atoms with Crippen molar-refractivity contribution in [3.05, 3.63) is 28.2 Å². The largest absolute Gasteiger partial charge is 0.496 e. The Morgan fingerprint density at radius 3 is 2.69 bits per heavy atom. The van der Waals surface area contributed by atoms with Crippen molar-refractivity contribution in [1.29, 1.82) is 0 Å². The molecule has 0 saturated heterocycles. The van der Waals surface area contributed by atoms with Gasteiger partial charge in [-0.2, -0.15) is 0 Å². The molecule has 4 heteroatoms. The minimum absolute atomic E-state index is 0.303. The van der Waals surface area contributed by atoms with Crippen LogP contribution >= 0.6 is 15.9 Å². The molecule has 0 bridgehead atoms. The van der Waals surface area contributed by atoms with Crippen molar-refractivity contribution in [1.82, 2.24) is 5.32 Å². The summed E-state index contributed by atoms with van der Waals surface area (Å²) in [5.41, 5.74) is 1.23. The van der Waals surface area contributed by atoms with Crippen molar-refractivity contribution in [3.63, 3.8) is 0 Å². The van der Waals surface area contributed by atoms with Crippen LogP contribution in [-0.2, 0) is 4.74 Å². The van der Waals surface area contributed by atoms with Crippen LogP contribution in [0.15, 0.2) is 22.7 Å². The highest BCUT2D eigenvalue weighted by atomic mass is 79.9. The van der Waals surface area contributed by atoms with Gasteiger partial charge in [0, 0.05) is 19.7 Å². The standard InChI is InChI=1S/C12H18BrNO2/c1-9(14-6-7-15-2)10-4-5-12(16-3)11(13)8-10/h4-5,8-9,14H,6-7H2,1-3H3. The maximum atomic E-state index is 5.19. The van der Waals surface area contributed by atoms with Crippen LogP contribution in [0, 0.1) is 0 Å². The van der Waals surface area contributed by atoms with Crippen LogP contribution in [0.2, 0.25) is 0 Å². The van der Waals surface area contributed by atoms with Gasteiger partial charge in [-0.15, -0.1) is 0 Å². The highest BCUT2D eigenvalue weighted by molar-refractivity contribution is 9.10. The van der Waals surface area contributed by atoms with Gasteiger partial charge >= 0.3 is 0 Å². The quantitative estimate of drug-likeness (QED) is 0.816. The van der Waals surface area contributed by atoms with E-state index in [4.69, 9.17) is 9.47 Å². The zero-order valence-electron chi connectivity index (χ0n) is 9.92. The molecule has 0 spiro atoms. The van der Waals surface area contributed by atoms with E-state index in [-0.39, 0.29) is 0 Å². The second-order valence-electron chi connectivity index (χ2n) is 3.56. The summed E-state index contributed by atoms with van der Waals surface area (Å²) < 4.78 is 11.2. The van der Waals surface area contributed by atoms with E-state index in [9.17, 15) is 0 Å². The van der Waals surface area contributed by atoms with Gasteiger partial charge in [0.2, 0.25) is 0 Å². The number of methoxy groups -OCH3 is 2. The summed E-state index contributed by atoms with van der Waals surface area (Å²) in [5.74, 6) is 0.854. The zero-order valence-corrected chi connectivity index (χ0v) is 11.5. The van der Waals surface area contributed by atoms with Gasteiger partial charge in [-0.1, -0.05) is 6.07 Å². The number of hydrogen-bond donors (Lipinski definition) is 1. The molecular formula is C12H18BrNO2. The van der Waals surface area contributed by atoms with Crippen molar-refractivity contribution in [2.24, 2.45) is 0 Å². The predicted molar refractivity (Wildman–Crippen MR) is 69.0 cm³/mol. The first-order valence-electron chi connectivity index (χ1n) is 5.24. The summed E-state index contributed by atoms with van der Waals surface area (Å²) in [6, 6.07) is 6.41. The van der Waals surface area contributed by atoms with E-state index in [0.717, 1.165) is 23.4 Å². The van der Waals surface area contributed by atoms with Crippen LogP contribution in [0.5, 0.6) is 5.75 Å². The van der Waals surface area contributed by atoms with Crippen molar-refractivity contribution in [3.8, 4) is 5.75 Å². The van der Waals surface area contributed by atoms with Gasteiger partial charge in [-0.25, -0.2) is 0 Å². The summed E-state index contributed by atoms with van der Waals surface area (Å²) in [6.45, 7) is 3.70. The number of rotatable bonds is 6. The van der Waals surface area contributed by atoms with E-state index in [1.807, 2.05) is 6.07 Å². The second kappa shape index (κ2) is 6.89. The molecule has 1 rings (SSSR count). The Kier molecular flexibility index (Phi) is 5.80. The van der Waals surface area contributed by atoms with Crippen LogP contribution in [-0.4, -0.2) is 27.4 Å². The van der Waals surface area contributed by atoms with Crippen LogP contribution in [0.3, 0.4) is 0 Å². The average molecular weight is 288 g/mol. The molecule has 0 aliphatic carbocycles. The van der Waals surface area contributed by atoms with Gasteiger partial charge in [0.1, 0.15) is 5.75 Å². The molecule has 0 aromatic heterocycles. The van der Waals surface area contributed by atoms with Gasteiger partial charge in [0.15, 0.2) is 0 Å². The lowest BCUT2D eigenvalue weighted by molar-refractivity contribution is 0.196. The summed E-state index contributed by atoms with van der Waals surface area (Å²) in [5, 5.41) is 3.38. The summed E-state index contributed by atoms with van der Waals surface area (Å²) in [6.07, 6.45) is 0. The smallest absolute Gasteiger partial charge is 0.133 e. The third kappa shape index (κ3) is 3.77. The lowest BCUT2D eigenvalue weighted by atomic mass is 10.1. The molecule has 0 aliphatic rings. The molecule has 0 saturated carbocycles. The van der Waals surface area contributed by atoms with Crippen LogP contribution in [0.25, 0.3) is 0 Å². The molecule has 0 radical (unpaired) electrons. The molecule has 1 unspecified atom stereocenters. The number of hydrogen-bond acceptors (Lipinski definition) is 3. The molecule has 0 amide bonds. The lowest BCUT2D eigenvalue weighted by Gasteiger charge is -2.15. The average Bonchev–Trinajstić information content (AvgIpc) is 2.29. The lowest BCUT2D eigenvalue weighted by Crippen LogP contribution is -2.22. The van der Waals surface area contributed by atoms with Crippen molar-refractivity contribution in [2.45, 2.75) is 13.0 Å². The Labute approximate surface area is 105 Å². The fourth-order valence-electron chi connectivity index (χ4n) is 1.45. The number of benzene rings is 1. The van der Waals surface area contributed by atoms with Crippen LogP contribution in [0.1, 0.15) is 18.5 Å². The SMILES string of the molecule is COCCNC(C)c1ccc(OC)c(Br)c1. The van der Waals surface area contributed by atoms with Gasteiger partial charge in [-0.3, -0.25) is 0 Å². The second-order valence-corrected chi connectivity index (χ2v) is 4.42. The van der Waals surface area contributed by atoms with E-state index < -0.39 is 0 Å². The molecule has 1 aromatic carbocycles. The first-order chi connectivity index (χ1) is 7.69. The van der Waals surface area contributed by atoms with Crippen molar-refractivity contribution >= 4 is 15.9 Å². The van der Waals surface area contributed by atoms with Gasteiger partial charge < -0.3 is 14.8 Å². The third-order valence-electron chi connectivity index (χ3n) is 2.43. The Bertz CT molecular complexity index is 331. The zero-order chi connectivity index (χ0) is 12.0. The minimum atomic E-state index is 0.303. The van der Waals surface area contributed by atoms with E-state index in [2.05, 4.69) is 40.3 Å². The normalized spacial score (nSPS) is 12.5. The maximum absolute atomic E-state index is 5.19. The fourth-order valence-corrected chi connectivity index (χ4v) is 2.01. The Hall–Kier alpha value is -0.580. The first kappa shape index (κ1) is 13.5. The minimum Gasteiger partial charge on any atom is -0.496 e. The summed E-state index contributed by atoms with van der Waals surface area (Å²) in [7, 11) is 3.37. The molecule has 1 N–H and O–H groups in total. The highest BCUT2D eigenvalue weighted by Crippen LogP contribution is 2.27. The van der Waals surface area contributed by atoms with Crippen LogP contribution in [0.4, 0.5) is 0 Å². The first-order valence-corrected chi connectivity index (χ1v) is 6.04. The Balaban J connectivity index is 2.62. The van der Waals surface area contributed by atoms with Crippen molar-refractivity contribution in [2.75, 3.05) is 27.4 Å². The molecule has 0 aliphatic heterocycles. The van der Waals surface area contributed by atoms with Gasteiger partial charge in [0.05, 0.1) is 18.2 Å². The summed E-state index contributed by atoms with van der Waals surface area (Å²) in [4.78, 5) is 0. The third-order valence-corrected chi connectivity index (χ3v) is 3.05. The molecule has 0 heterocycles. The van der Waals surface area contributed by atoms with Gasteiger partial charge in [-0.05, 0) is 40.5 Å². The molecule has 1 aromatic rings. The number of nitrogens with one attached hydrogen (secondary N) is 1. The monoisotopic (exact) mass is 287 g/mol. The van der Waals surface area contributed by atoms with E-state index in [0.29, 0.717) is 6.04 Å².